The third kappa shape index (κ3) is 6.20. The highest BCUT2D eigenvalue weighted by Gasteiger charge is 2.24. The van der Waals surface area contributed by atoms with Crippen molar-refractivity contribution in [2.24, 2.45) is 11.8 Å². The molecule has 2 saturated heterocycles. The second kappa shape index (κ2) is 10.3. The fraction of sp³-hybridized carbons (Fsp3) is 0.682. The van der Waals surface area contributed by atoms with Crippen LogP contribution in [0.15, 0.2) is 22.7 Å². The third-order valence-electron chi connectivity index (χ3n) is 6.35. The zero-order chi connectivity index (χ0) is 19.2. The van der Waals surface area contributed by atoms with E-state index >= 15 is 0 Å². The predicted octanol–water partition coefficient (Wildman–Crippen LogP) is 5.40. The lowest BCUT2D eigenvalue weighted by molar-refractivity contribution is -0.132. The zero-order valence-corrected chi connectivity index (χ0v) is 18.8. The zero-order valence-electron chi connectivity index (χ0n) is 16.4. The van der Waals surface area contributed by atoms with Gasteiger partial charge in [0.05, 0.1) is 0 Å². The van der Waals surface area contributed by atoms with Crippen LogP contribution in [0.2, 0.25) is 5.02 Å². The van der Waals surface area contributed by atoms with Crippen molar-refractivity contribution in [2.45, 2.75) is 51.9 Å². The maximum atomic E-state index is 11.8. The highest BCUT2D eigenvalue weighted by molar-refractivity contribution is 9.10. The number of piperidine rings is 2. The number of benzene rings is 1. The molecule has 2 heterocycles. The molecule has 3 rings (SSSR count). The Bertz CT molecular complexity index is 623. The molecule has 0 bridgehead atoms. The topological polar surface area (TPSA) is 23.6 Å². The average Bonchev–Trinajstić information content (AvgIpc) is 2.70. The van der Waals surface area contributed by atoms with Crippen LogP contribution >= 0.6 is 27.5 Å². The Morgan fingerprint density at radius 2 is 1.78 bits per heavy atom. The van der Waals surface area contributed by atoms with Gasteiger partial charge in [-0.05, 0) is 93.8 Å². The van der Waals surface area contributed by atoms with Gasteiger partial charge >= 0.3 is 0 Å². The Kier molecular flexibility index (Phi) is 8.04. The standard InChI is InChI=1S/C22H32BrClN2O/c1-2-22(27)26-13-8-17(9-14-26)5-10-25-11-6-18(7-12-25)15-19-16-20(24)3-4-21(19)23/h3-4,16-18H,2,5-15H2,1H3. The van der Waals surface area contributed by atoms with Gasteiger partial charge in [0.1, 0.15) is 0 Å². The summed E-state index contributed by atoms with van der Waals surface area (Å²) in [4.78, 5) is 16.5. The van der Waals surface area contributed by atoms with Crippen molar-refractivity contribution >= 4 is 33.4 Å². The van der Waals surface area contributed by atoms with Crippen LogP contribution < -0.4 is 0 Å². The van der Waals surface area contributed by atoms with E-state index < -0.39 is 0 Å². The van der Waals surface area contributed by atoms with Crippen molar-refractivity contribution in [1.82, 2.24) is 9.80 Å². The molecule has 0 unspecified atom stereocenters. The van der Waals surface area contributed by atoms with Crippen LogP contribution in [0.3, 0.4) is 0 Å². The summed E-state index contributed by atoms with van der Waals surface area (Å²) in [5.74, 6) is 1.88. The largest absolute Gasteiger partial charge is 0.343 e. The molecule has 1 aromatic rings. The van der Waals surface area contributed by atoms with E-state index in [1.54, 1.807) is 0 Å². The summed E-state index contributed by atoms with van der Waals surface area (Å²) in [5, 5.41) is 0.831. The first-order chi connectivity index (χ1) is 13.0. The third-order valence-corrected chi connectivity index (χ3v) is 7.36. The van der Waals surface area contributed by atoms with Gasteiger partial charge in [0.15, 0.2) is 0 Å². The number of hydrogen-bond donors (Lipinski definition) is 0. The second-order valence-electron chi connectivity index (χ2n) is 8.19. The Morgan fingerprint density at radius 1 is 1.11 bits per heavy atom. The number of carbonyl (C=O) groups is 1. The van der Waals surface area contributed by atoms with Gasteiger partial charge in [-0.1, -0.05) is 34.5 Å². The SMILES string of the molecule is CCC(=O)N1CCC(CCN2CCC(Cc3cc(Cl)ccc3Br)CC2)CC1. The van der Waals surface area contributed by atoms with Gasteiger partial charge in [-0.25, -0.2) is 0 Å². The van der Waals surface area contributed by atoms with Gasteiger partial charge in [-0.15, -0.1) is 0 Å². The summed E-state index contributed by atoms with van der Waals surface area (Å²) in [7, 11) is 0. The second-order valence-corrected chi connectivity index (χ2v) is 9.48. The Labute approximate surface area is 177 Å². The molecule has 0 N–H and O–H groups in total. The van der Waals surface area contributed by atoms with Gasteiger partial charge in [0, 0.05) is 29.0 Å². The minimum atomic E-state index is 0.321. The molecule has 3 nitrogen and oxygen atoms in total. The number of amides is 1. The molecule has 2 aliphatic rings. The van der Waals surface area contributed by atoms with Crippen molar-refractivity contribution in [3.8, 4) is 0 Å². The predicted molar refractivity (Wildman–Crippen MR) is 116 cm³/mol. The van der Waals surface area contributed by atoms with Gasteiger partial charge in [0.25, 0.3) is 0 Å². The van der Waals surface area contributed by atoms with Crippen LogP contribution in [0.4, 0.5) is 0 Å². The van der Waals surface area contributed by atoms with Crippen molar-refractivity contribution in [3.05, 3.63) is 33.3 Å². The highest BCUT2D eigenvalue weighted by Crippen LogP contribution is 2.28. The monoisotopic (exact) mass is 454 g/mol. The van der Waals surface area contributed by atoms with Crippen LogP contribution in [0.5, 0.6) is 0 Å². The highest BCUT2D eigenvalue weighted by atomic mass is 79.9. The minimum absolute atomic E-state index is 0.321. The Balaban J connectivity index is 1.35. The minimum Gasteiger partial charge on any atom is -0.343 e. The van der Waals surface area contributed by atoms with E-state index in [9.17, 15) is 4.79 Å². The number of hydrogen-bond acceptors (Lipinski definition) is 2. The summed E-state index contributed by atoms with van der Waals surface area (Å²) >= 11 is 9.82. The van der Waals surface area contributed by atoms with E-state index in [1.807, 2.05) is 13.0 Å². The summed E-state index contributed by atoms with van der Waals surface area (Å²) < 4.78 is 1.18. The van der Waals surface area contributed by atoms with Crippen LogP contribution in [0.25, 0.3) is 0 Å². The van der Waals surface area contributed by atoms with E-state index in [0.29, 0.717) is 12.3 Å². The van der Waals surface area contributed by atoms with Crippen molar-refractivity contribution in [1.29, 1.82) is 0 Å². The first-order valence-corrected chi connectivity index (χ1v) is 11.7. The molecule has 1 amide bonds. The molecular weight excluding hydrogens is 424 g/mol. The number of halogens is 2. The molecular formula is C22H32BrClN2O. The van der Waals surface area contributed by atoms with Crippen LogP contribution in [0, 0.1) is 11.8 Å². The fourth-order valence-electron chi connectivity index (χ4n) is 4.48. The lowest BCUT2D eigenvalue weighted by atomic mass is 9.89. The van der Waals surface area contributed by atoms with Gasteiger partial charge < -0.3 is 9.80 Å². The smallest absolute Gasteiger partial charge is 0.222 e. The molecule has 0 atom stereocenters. The lowest BCUT2D eigenvalue weighted by Crippen LogP contribution is -2.40. The number of nitrogens with zero attached hydrogens (tertiary/aromatic N) is 2. The summed E-state index contributed by atoms with van der Waals surface area (Å²) in [6.07, 6.45) is 7.99. The quantitative estimate of drug-likeness (QED) is 0.573. The van der Waals surface area contributed by atoms with E-state index in [-0.39, 0.29) is 0 Å². The van der Waals surface area contributed by atoms with Crippen LogP contribution in [-0.2, 0) is 11.2 Å². The molecule has 0 aromatic heterocycles. The summed E-state index contributed by atoms with van der Waals surface area (Å²) in [6.45, 7) is 7.55. The molecule has 1 aromatic carbocycles. The van der Waals surface area contributed by atoms with Crippen molar-refractivity contribution < 1.29 is 4.79 Å². The van der Waals surface area contributed by atoms with Crippen molar-refractivity contribution in [2.75, 3.05) is 32.7 Å². The van der Waals surface area contributed by atoms with Gasteiger partial charge in [0.2, 0.25) is 5.91 Å². The van der Waals surface area contributed by atoms with E-state index in [2.05, 4.69) is 37.9 Å². The maximum Gasteiger partial charge on any atom is 0.222 e. The fourth-order valence-corrected chi connectivity index (χ4v) is 5.09. The molecule has 150 valence electrons. The van der Waals surface area contributed by atoms with Gasteiger partial charge in [-0.3, -0.25) is 4.79 Å². The lowest BCUT2D eigenvalue weighted by Gasteiger charge is -2.35. The molecule has 0 radical (unpaired) electrons. The first kappa shape index (κ1) is 21.1. The average molecular weight is 456 g/mol. The van der Waals surface area contributed by atoms with E-state index in [0.717, 1.165) is 36.4 Å². The molecule has 5 heteroatoms. The molecule has 2 aliphatic heterocycles. The molecule has 2 fully saturated rings. The van der Waals surface area contributed by atoms with Crippen LogP contribution in [0.1, 0.15) is 51.0 Å². The maximum absolute atomic E-state index is 11.8. The molecule has 0 aliphatic carbocycles. The number of carbonyl (C=O) groups excluding carboxylic acids is 1. The normalized spacial score (nSPS) is 20.2. The Morgan fingerprint density at radius 3 is 2.44 bits per heavy atom. The summed E-state index contributed by atoms with van der Waals surface area (Å²) in [5.41, 5.74) is 1.34. The molecule has 0 saturated carbocycles. The number of likely N-dealkylation sites (tertiary alicyclic amines) is 2. The first-order valence-electron chi connectivity index (χ1n) is 10.5. The Hall–Kier alpha value is -0.580. The molecule has 0 spiro atoms. The van der Waals surface area contributed by atoms with Crippen LogP contribution in [-0.4, -0.2) is 48.4 Å². The van der Waals surface area contributed by atoms with E-state index in [1.165, 1.54) is 61.8 Å². The number of rotatable bonds is 6. The summed E-state index contributed by atoms with van der Waals surface area (Å²) in [6, 6.07) is 6.11. The van der Waals surface area contributed by atoms with Gasteiger partial charge in [-0.2, -0.15) is 0 Å². The molecule has 27 heavy (non-hydrogen) atoms. The van der Waals surface area contributed by atoms with E-state index in [4.69, 9.17) is 11.6 Å². The van der Waals surface area contributed by atoms with Crippen molar-refractivity contribution in [3.63, 3.8) is 0 Å².